The lowest BCUT2D eigenvalue weighted by Gasteiger charge is -2.33. The van der Waals surface area contributed by atoms with E-state index < -0.39 is 5.60 Å². The van der Waals surface area contributed by atoms with Crippen molar-refractivity contribution in [3.63, 3.8) is 0 Å². The molecule has 0 unspecified atom stereocenters. The lowest BCUT2D eigenvalue weighted by atomic mass is 9.97. The van der Waals surface area contributed by atoms with Crippen LogP contribution in [0.25, 0.3) is 0 Å². The summed E-state index contributed by atoms with van der Waals surface area (Å²) in [6, 6.07) is 0. The number of amides is 1. The molecule has 0 bridgehead atoms. The fourth-order valence-electron chi connectivity index (χ4n) is 2.03. The molecule has 2 N–H and O–H groups in total. The van der Waals surface area contributed by atoms with Gasteiger partial charge in [-0.1, -0.05) is 6.58 Å². The van der Waals surface area contributed by atoms with Gasteiger partial charge in [0.2, 0.25) is 5.90 Å². The van der Waals surface area contributed by atoms with E-state index in [1.807, 2.05) is 20.8 Å². The molecule has 0 atom stereocenters. The first-order valence-corrected chi connectivity index (χ1v) is 6.82. The zero-order valence-corrected chi connectivity index (χ0v) is 12.8. The highest BCUT2D eigenvalue weighted by Crippen LogP contribution is 2.22. The van der Waals surface area contributed by atoms with Crippen molar-refractivity contribution in [3.05, 3.63) is 12.3 Å². The molecule has 0 spiro atoms. The first kappa shape index (κ1) is 16.3. The number of ether oxygens (including phenoxy) is 2. The summed E-state index contributed by atoms with van der Waals surface area (Å²) in [5.74, 6) is 6.51. The zero-order chi connectivity index (χ0) is 15.3. The maximum atomic E-state index is 11.9. The molecular weight excluding hydrogens is 258 g/mol. The summed E-state index contributed by atoms with van der Waals surface area (Å²) in [7, 11) is 0. The summed E-state index contributed by atoms with van der Waals surface area (Å²) in [4.78, 5) is 13.6. The van der Waals surface area contributed by atoms with E-state index in [0.717, 1.165) is 12.8 Å². The Morgan fingerprint density at radius 3 is 2.30 bits per heavy atom. The van der Waals surface area contributed by atoms with Crippen molar-refractivity contribution in [2.45, 2.75) is 46.1 Å². The molecule has 20 heavy (non-hydrogen) atoms. The van der Waals surface area contributed by atoms with Crippen LogP contribution in [0, 0.1) is 5.92 Å². The average Bonchev–Trinajstić information content (AvgIpc) is 2.34. The van der Waals surface area contributed by atoms with Gasteiger partial charge >= 0.3 is 6.09 Å². The van der Waals surface area contributed by atoms with E-state index >= 15 is 0 Å². The predicted octanol–water partition coefficient (Wildman–Crippen LogP) is 2.46. The first-order chi connectivity index (χ1) is 9.23. The third-order valence-corrected chi connectivity index (χ3v) is 2.90. The summed E-state index contributed by atoms with van der Waals surface area (Å²) >= 11 is 0. The summed E-state index contributed by atoms with van der Waals surface area (Å²) < 4.78 is 10.8. The highest BCUT2D eigenvalue weighted by atomic mass is 16.6. The van der Waals surface area contributed by atoms with Crippen molar-refractivity contribution in [2.75, 3.05) is 13.1 Å². The van der Waals surface area contributed by atoms with Crippen molar-refractivity contribution in [1.82, 2.24) is 4.90 Å². The molecule has 1 heterocycles. The molecule has 1 saturated heterocycles. The third-order valence-electron chi connectivity index (χ3n) is 2.90. The lowest BCUT2D eigenvalue weighted by Crippen LogP contribution is -2.43. The van der Waals surface area contributed by atoms with Crippen LogP contribution < -0.4 is 5.84 Å². The molecule has 0 saturated carbocycles. The van der Waals surface area contributed by atoms with Crippen molar-refractivity contribution in [1.29, 1.82) is 0 Å². The van der Waals surface area contributed by atoms with Gasteiger partial charge in [0, 0.05) is 19.0 Å². The largest absolute Gasteiger partial charge is 0.446 e. The monoisotopic (exact) mass is 283 g/mol. The van der Waals surface area contributed by atoms with Crippen LogP contribution in [0.4, 0.5) is 4.79 Å². The van der Waals surface area contributed by atoms with Gasteiger partial charge < -0.3 is 20.2 Å². The number of nitrogens with zero attached hydrogens (tertiary/aromatic N) is 2. The van der Waals surface area contributed by atoms with E-state index in [0.29, 0.717) is 24.7 Å². The number of piperidine rings is 1. The van der Waals surface area contributed by atoms with Gasteiger partial charge in [0.15, 0.2) is 0 Å². The lowest BCUT2D eigenvalue weighted by molar-refractivity contribution is 0.0197. The molecule has 1 amide bonds. The van der Waals surface area contributed by atoms with Crippen LogP contribution in [0.5, 0.6) is 0 Å². The predicted molar refractivity (Wildman–Crippen MR) is 78.1 cm³/mol. The maximum Gasteiger partial charge on any atom is 0.410 e. The van der Waals surface area contributed by atoms with Crippen molar-refractivity contribution in [3.8, 4) is 0 Å². The van der Waals surface area contributed by atoms with E-state index in [4.69, 9.17) is 15.3 Å². The Balaban J connectivity index is 2.51. The molecule has 1 fully saturated rings. The number of hydrogen-bond acceptors (Lipinski definition) is 5. The Labute approximate surface area is 120 Å². The number of likely N-dealkylation sites (tertiary alicyclic amines) is 1. The minimum absolute atomic E-state index is 0.121. The molecule has 0 aliphatic carbocycles. The van der Waals surface area contributed by atoms with E-state index in [1.54, 1.807) is 11.8 Å². The Bertz CT molecular complexity index is 391. The minimum atomic E-state index is -0.471. The number of carbonyl (C=O) groups excluding carboxylic acids is 1. The molecule has 1 rings (SSSR count). The summed E-state index contributed by atoms with van der Waals surface area (Å²) in [6.45, 7) is 12.2. The van der Waals surface area contributed by atoms with Gasteiger partial charge in [-0.05, 0) is 40.5 Å². The van der Waals surface area contributed by atoms with E-state index in [1.165, 1.54) is 0 Å². The fraction of sp³-hybridized carbons (Fsp3) is 0.714. The van der Waals surface area contributed by atoms with E-state index in [-0.39, 0.29) is 12.0 Å². The van der Waals surface area contributed by atoms with Crippen LogP contribution in [-0.4, -0.2) is 35.6 Å². The van der Waals surface area contributed by atoms with Crippen LogP contribution in [0.15, 0.2) is 17.4 Å². The molecule has 0 radical (unpaired) electrons. The van der Waals surface area contributed by atoms with Crippen LogP contribution in [-0.2, 0) is 9.47 Å². The van der Waals surface area contributed by atoms with Gasteiger partial charge in [0.1, 0.15) is 5.60 Å². The zero-order valence-electron chi connectivity index (χ0n) is 12.8. The number of hydrazone groups is 1. The number of allylic oxidation sites excluding steroid dienone is 1. The van der Waals surface area contributed by atoms with Gasteiger partial charge in [-0.3, -0.25) is 0 Å². The molecular formula is C14H25N3O3. The van der Waals surface area contributed by atoms with Gasteiger partial charge in [-0.15, -0.1) is 5.10 Å². The second-order valence-corrected chi connectivity index (χ2v) is 6.01. The molecule has 1 aliphatic rings. The number of hydrogen-bond donors (Lipinski definition) is 1. The van der Waals surface area contributed by atoms with Gasteiger partial charge in [-0.2, -0.15) is 0 Å². The number of carbonyl (C=O) groups is 1. The average molecular weight is 283 g/mol. The fourth-order valence-corrected chi connectivity index (χ4v) is 2.03. The third kappa shape index (κ3) is 5.11. The smallest absolute Gasteiger partial charge is 0.410 e. The standard InChI is InChI=1S/C14H25N3O3/c1-10(2)19-12(16-15)11-6-8-17(9-7-11)13(18)20-14(3,4)5/h11H,1,6-9,15H2,2-5H3/b16-12-. The first-order valence-electron chi connectivity index (χ1n) is 6.82. The highest BCUT2D eigenvalue weighted by molar-refractivity contribution is 5.79. The highest BCUT2D eigenvalue weighted by Gasteiger charge is 2.29. The molecule has 1 aliphatic heterocycles. The molecule has 114 valence electrons. The Morgan fingerprint density at radius 2 is 1.90 bits per heavy atom. The molecule has 6 nitrogen and oxygen atoms in total. The maximum absolute atomic E-state index is 11.9. The Hall–Kier alpha value is -1.72. The second-order valence-electron chi connectivity index (χ2n) is 6.01. The van der Waals surface area contributed by atoms with Crippen LogP contribution >= 0.6 is 0 Å². The van der Waals surface area contributed by atoms with Gasteiger partial charge in [0.05, 0.1) is 5.76 Å². The molecule has 6 heteroatoms. The quantitative estimate of drug-likeness (QED) is 0.278. The van der Waals surface area contributed by atoms with Crippen LogP contribution in [0.2, 0.25) is 0 Å². The summed E-state index contributed by atoms with van der Waals surface area (Å²) in [5.41, 5.74) is -0.471. The second kappa shape index (κ2) is 6.63. The molecule has 0 aromatic heterocycles. The van der Waals surface area contributed by atoms with Crippen molar-refractivity contribution in [2.24, 2.45) is 16.9 Å². The molecule has 0 aromatic rings. The number of nitrogens with two attached hydrogens (primary N) is 1. The summed E-state index contributed by atoms with van der Waals surface area (Å²) in [5, 5.41) is 3.68. The normalized spacial score (nSPS) is 17.8. The van der Waals surface area contributed by atoms with Crippen LogP contribution in [0.1, 0.15) is 40.5 Å². The minimum Gasteiger partial charge on any atom is -0.446 e. The van der Waals surface area contributed by atoms with Crippen LogP contribution in [0.3, 0.4) is 0 Å². The summed E-state index contributed by atoms with van der Waals surface area (Å²) in [6.07, 6.45) is 1.23. The van der Waals surface area contributed by atoms with E-state index in [2.05, 4.69) is 11.7 Å². The van der Waals surface area contributed by atoms with Gasteiger partial charge in [-0.25, -0.2) is 4.79 Å². The topological polar surface area (TPSA) is 77.2 Å². The SMILES string of the molecule is C=C(C)O/C(=N\N)C1CCN(C(=O)OC(C)(C)C)CC1. The van der Waals surface area contributed by atoms with Crippen molar-refractivity contribution >= 4 is 12.0 Å². The Morgan fingerprint density at radius 1 is 1.35 bits per heavy atom. The van der Waals surface area contributed by atoms with Gasteiger partial charge in [0.25, 0.3) is 0 Å². The number of rotatable bonds is 2. The van der Waals surface area contributed by atoms with E-state index in [9.17, 15) is 4.79 Å². The Kier molecular flexibility index (Phi) is 5.42. The van der Waals surface area contributed by atoms with Crippen molar-refractivity contribution < 1.29 is 14.3 Å². The molecule has 0 aromatic carbocycles.